The van der Waals surface area contributed by atoms with Crippen LogP contribution in [0.25, 0.3) is 0 Å². The summed E-state index contributed by atoms with van der Waals surface area (Å²) in [6.45, 7) is 8.04. The molecule has 8 heteroatoms. The molecule has 150 valence electrons. The van der Waals surface area contributed by atoms with Gasteiger partial charge in [-0.2, -0.15) is 0 Å². The summed E-state index contributed by atoms with van der Waals surface area (Å²) in [5.41, 5.74) is 0.940. The molecule has 0 radical (unpaired) electrons. The van der Waals surface area contributed by atoms with E-state index in [-0.39, 0.29) is 18.0 Å². The highest BCUT2D eigenvalue weighted by molar-refractivity contribution is 6.39. The Balaban J connectivity index is 1.89. The number of anilines is 2. The largest absolute Gasteiger partial charge is 0.491 e. The lowest BCUT2D eigenvalue weighted by molar-refractivity contribution is -0.136. The molecule has 0 spiro atoms. The first-order valence-electron chi connectivity index (χ1n) is 9.19. The molecule has 0 aliphatic rings. The van der Waals surface area contributed by atoms with Crippen LogP contribution in [0, 0.1) is 5.82 Å². The summed E-state index contributed by atoms with van der Waals surface area (Å²) in [6, 6.07) is 7.69. The van der Waals surface area contributed by atoms with E-state index in [4.69, 9.17) is 4.74 Å². The molecular weight excluding hydrogens is 363 g/mol. The molecule has 1 aromatic heterocycles. The van der Waals surface area contributed by atoms with E-state index in [1.807, 2.05) is 26.0 Å². The predicted molar refractivity (Wildman–Crippen MR) is 106 cm³/mol. The van der Waals surface area contributed by atoms with Gasteiger partial charge in [0.2, 0.25) is 0 Å². The van der Waals surface area contributed by atoms with Crippen LogP contribution in [0.15, 0.2) is 36.5 Å². The van der Waals surface area contributed by atoms with E-state index in [0.29, 0.717) is 6.61 Å². The van der Waals surface area contributed by atoms with Gasteiger partial charge in [0.15, 0.2) is 11.6 Å². The number of amides is 2. The SMILES string of the molecule is CCOc1ccc(NC(=O)C(=O)NCc2ccc(N(CC)CC)nc2)cc1F. The van der Waals surface area contributed by atoms with Gasteiger partial charge in [-0.25, -0.2) is 9.37 Å². The number of ether oxygens (including phenoxy) is 1. The number of rotatable bonds is 8. The Bertz CT molecular complexity index is 808. The minimum Gasteiger partial charge on any atom is -0.491 e. The molecule has 2 amide bonds. The lowest BCUT2D eigenvalue weighted by Crippen LogP contribution is -2.35. The van der Waals surface area contributed by atoms with Gasteiger partial charge in [0.05, 0.1) is 6.61 Å². The number of benzene rings is 1. The van der Waals surface area contributed by atoms with Crippen molar-refractivity contribution in [2.45, 2.75) is 27.3 Å². The minimum absolute atomic E-state index is 0.0885. The number of carbonyl (C=O) groups excluding carboxylic acids is 2. The third-order valence-corrected chi connectivity index (χ3v) is 4.05. The van der Waals surface area contributed by atoms with Crippen molar-refractivity contribution in [1.29, 1.82) is 0 Å². The molecule has 0 saturated heterocycles. The van der Waals surface area contributed by atoms with Gasteiger partial charge in [0, 0.05) is 37.6 Å². The lowest BCUT2D eigenvalue weighted by Gasteiger charge is -2.19. The Kier molecular flexibility index (Phi) is 7.74. The van der Waals surface area contributed by atoms with Crippen molar-refractivity contribution in [2.75, 3.05) is 29.9 Å². The average molecular weight is 388 g/mol. The molecule has 0 fully saturated rings. The highest BCUT2D eigenvalue weighted by atomic mass is 19.1. The van der Waals surface area contributed by atoms with Gasteiger partial charge in [-0.1, -0.05) is 6.07 Å². The Morgan fingerprint density at radius 3 is 2.43 bits per heavy atom. The van der Waals surface area contributed by atoms with Gasteiger partial charge in [-0.3, -0.25) is 9.59 Å². The van der Waals surface area contributed by atoms with Crippen molar-refractivity contribution in [3.8, 4) is 5.75 Å². The first-order chi connectivity index (χ1) is 13.5. The summed E-state index contributed by atoms with van der Waals surface area (Å²) < 4.78 is 18.9. The summed E-state index contributed by atoms with van der Waals surface area (Å²) in [6.07, 6.45) is 1.66. The zero-order valence-corrected chi connectivity index (χ0v) is 16.3. The average Bonchev–Trinajstić information content (AvgIpc) is 2.70. The zero-order chi connectivity index (χ0) is 20.5. The van der Waals surface area contributed by atoms with Gasteiger partial charge in [0.25, 0.3) is 0 Å². The quantitative estimate of drug-likeness (QED) is 0.680. The Morgan fingerprint density at radius 2 is 1.86 bits per heavy atom. The molecule has 0 aliphatic heterocycles. The molecule has 2 aromatic rings. The van der Waals surface area contributed by atoms with E-state index in [1.165, 1.54) is 12.1 Å². The molecule has 1 heterocycles. The molecular formula is C20H25FN4O3. The van der Waals surface area contributed by atoms with Crippen molar-refractivity contribution in [1.82, 2.24) is 10.3 Å². The van der Waals surface area contributed by atoms with Crippen LogP contribution in [0.2, 0.25) is 0 Å². The molecule has 7 nitrogen and oxygen atoms in total. The number of aromatic nitrogens is 1. The Morgan fingerprint density at radius 1 is 1.11 bits per heavy atom. The number of hydrogen-bond donors (Lipinski definition) is 2. The summed E-state index contributed by atoms with van der Waals surface area (Å²) in [7, 11) is 0. The molecule has 28 heavy (non-hydrogen) atoms. The summed E-state index contributed by atoms with van der Waals surface area (Å²) in [5.74, 6) is -1.36. The highest BCUT2D eigenvalue weighted by Gasteiger charge is 2.15. The van der Waals surface area contributed by atoms with Crippen molar-refractivity contribution >= 4 is 23.3 Å². The highest BCUT2D eigenvalue weighted by Crippen LogP contribution is 2.21. The monoisotopic (exact) mass is 388 g/mol. The van der Waals surface area contributed by atoms with Crippen LogP contribution in [-0.4, -0.2) is 36.5 Å². The predicted octanol–water partition coefficient (Wildman–Crippen LogP) is 2.72. The van der Waals surface area contributed by atoms with Gasteiger partial charge >= 0.3 is 11.8 Å². The van der Waals surface area contributed by atoms with E-state index in [9.17, 15) is 14.0 Å². The lowest BCUT2D eigenvalue weighted by atomic mass is 10.2. The Hall–Kier alpha value is -3.16. The number of pyridine rings is 1. The van der Waals surface area contributed by atoms with Crippen LogP contribution in [0.5, 0.6) is 5.75 Å². The van der Waals surface area contributed by atoms with Gasteiger partial charge < -0.3 is 20.3 Å². The summed E-state index contributed by atoms with van der Waals surface area (Å²) in [4.78, 5) is 30.4. The maximum Gasteiger partial charge on any atom is 0.313 e. The van der Waals surface area contributed by atoms with Crippen LogP contribution in [-0.2, 0) is 16.1 Å². The van der Waals surface area contributed by atoms with Gasteiger partial charge in [-0.15, -0.1) is 0 Å². The molecule has 2 rings (SSSR count). The molecule has 0 atom stereocenters. The van der Waals surface area contributed by atoms with Crippen LogP contribution < -0.4 is 20.3 Å². The zero-order valence-electron chi connectivity index (χ0n) is 16.3. The smallest absolute Gasteiger partial charge is 0.313 e. The minimum atomic E-state index is -0.878. The van der Waals surface area contributed by atoms with E-state index in [0.717, 1.165) is 30.5 Å². The summed E-state index contributed by atoms with van der Waals surface area (Å²) >= 11 is 0. The standard InChI is InChI=1S/C20H25FN4O3/c1-4-25(5-2)18-10-7-14(12-22-18)13-23-19(26)20(27)24-15-8-9-17(28-6-3)16(21)11-15/h7-12H,4-6,13H2,1-3H3,(H,23,26)(H,24,27). The van der Waals surface area contributed by atoms with Gasteiger partial charge in [0.1, 0.15) is 5.82 Å². The van der Waals surface area contributed by atoms with E-state index >= 15 is 0 Å². The van der Waals surface area contributed by atoms with E-state index < -0.39 is 17.6 Å². The van der Waals surface area contributed by atoms with Crippen molar-refractivity contribution in [2.24, 2.45) is 0 Å². The number of carbonyl (C=O) groups is 2. The van der Waals surface area contributed by atoms with Crippen molar-refractivity contribution in [3.63, 3.8) is 0 Å². The fraction of sp³-hybridized carbons (Fsp3) is 0.350. The fourth-order valence-electron chi connectivity index (χ4n) is 2.56. The molecule has 0 unspecified atom stereocenters. The van der Waals surface area contributed by atoms with Crippen molar-refractivity contribution < 1.29 is 18.7 Å². The maximum absolute atomic E-state index is 13.8. The first kappa shape index (κ1) is 21.1. The van der Waals surface area contributed by atoms with E-state index in [2.05, 4.69) is 20.5 Å². The molecule has 0 bridgehead atoms. The first-order valence-corrected chi connectivity index (χ1v) is 9.19. The van der Waals surface area contributed by atoms with Gasteiger partial charge in [-0.05, 0) is 44.5 Å². The molecule has 0 saturated carbocycles. The number of nitrogens with zero attached hydrogens (tertiary/aromatic N) is 2. The van der Waals surface area contributed by atoms with Crippen molar-refractivity contribution in [3.05, 3.63) is 47.9 Å². The summed E-state index contributed by atoms with van der Waals surface area (Å²) in [5, 5.41) is 4.88. The second-order valence-electron chi connectivity index (χ2n) is 5.91. The van der Waals surface area contributed by atoms with Crippen LogP contribution >= 0.6 is 0 Å². The molecule has 2 N–H and O–H groups in total. The Labute approximate surface area is 163 Å². The second-order valence-corrected chi connectivity index (χ2v) is 5.91. The van der Waals surface area contributed by atoms with Crippen LogP contribution in [0.3, 0.4) is 0 Å². The topological polar surface area (TPSA) is 83.6 Å². The second kappa shape index (κ2) is 10.2. The van der Waals surface area contributed by atoms with Crippen LogP contribution in [0.1, 0.15) is 26.3 Å². The number of nitrogens with one attached hydrogen (secondary N) is 2. The molecule has 1 aromatic carbocycles. The van der Waals surface area contributed by atoms with Crippen LogP contribution in [0.4, 0.5) is 15.9 Å². The van der Waals surface area contributed by atoms with E-state index in [1.54, 1.807) is 13.1 Å². The fourth-order valence-corrected chi connectivity index (χ4v) is 2.56. The maximum atomic E-state index is 13.8. The number of hydrogen-bond acceptors (Lipinski definition) is 5. The number of halogens is 1. The third-order valence-electron chi connectivity index (χ3n) is 4.05. The molecule has 0 aliphatic carbocycles. The normalized spacial score (nSPS) is 10.3. The third kappa shape index (κ3) is 5.67.